The number of aromatic nitrogens is 2. The van der Waals surface area contributed by atoms with E-state index in [4.69, 9.17) is 21.1 Å². The molecule has 11 heteroatoms. The monoisotopic (exact) mass is 578 g/mol. The molecule has 1 aromatic heterocycles. The standard InChI is InChI=1S/C30H28ClFN4O5/c31-22-5-3-19-12-23(6-4-18(19)11-22)36-16-21(15-33-36)28(38)30(39)34-25(17-35-7-1-2-8-35)27(37)20-13-24(32)29-26(14-20)40-9-10-41-29/h3-6,11-16,25,27,37H,1-2,7-10,17H2,(H,34,39)/t25-,27-/m1/s1. The van der Waals surface area contributed by atoms with Gasteiger partial charge in [0, 0.05) is 17.8 Å². The number of fused-ring (bicyclic) bond motifs is 2. The lowest BCUT2D eigenvalue weighted by molar-refractivity contribution is -0.118. The van der Waals surface area contributed by atoms with E-state index < -0.39 is 29.7 Å². The molecule has 9 nitrogen and oxygen atoms in total. The second-order valence-electron chi connectivity index (χ2n) is 10.2. The largest absolute Gasteiger partial charge is 0.486 e. The number of aliphatic hydroxyl groups excluding tert-OH is 1. The number of aliphatic hydroxyl groups is 1. The van der Waals surface area contributed by atoms with Crippen LogP contribution in [0.5, 0.6) is 11.5 Å². The highest BCUT2D eigenvalue weighted by molar-refractivity contribution is 6.42. The molecule has 2 N–H and O–H groups in total. The first-order valence-corrected chi connectivity index (χ1v) is 13.8. The number of nitrogens with one attached hydrogen (secondary N) is 1. The van der Waals surface area contributed by atoms with Gasteiger partial charge in [-0.25, -0.2) is 9.07 Å². The first kappa shape index (κ1) is 27.2. The number of carbonyl (C=O) groups excluding carboxylic acids is 2. The summed E-state index contributed by atoms with van der Waals surface area (Å²) in [5, 5.41) is 20.8. The van der Waals surface area contributed by atoms with Crippen LogP contribution in [0.15, 0.2) is 60.9 Å². The van der Waals surface area contributed by atoms with E-state index in [0.29, 0.717) is 10.7 Å². The number of halogens is 2. The van der Waals surface area contributed by atoms with E-state index in [1.807, 2.05) is 30.3 Å². The van der Waals surface area contributed by atoms with Gasteiger partial charge in [0.1, 0.15) is 19.3 Å². The maximum atomic E-state index is 14.7. The van der Waals surface area contributed by atoms with E-state index in [0.717, 1.165) is 36.7 Å². The second-order valence-corrected chi connectivity index (χ2v) is 10.7. The molecule has 2 aliphatic heterocycles. The van der Waals surface area contributed by atoms with Gasteiger partial charge in [-0.05, 0) is 78.7 Å². The zero-order valence-corrected chi connectivity index (χ0v) is 22.8. The molecule has 0 spiro atoms. The second kappa shape index (κ2) is 11.5. The van der Waals surface area contributed by atoms with Crippen LogP contribution in [0.3, 0.4) is 0 Å². The molecule has 0 unspecified atom stereocenters. The SMILES string of the molecule is O=C(N[C@H](CN1CCCC1)[C@H](O)c1cc(F)c2c(c1)OCCO2)C(=O)c1cnn(-c2ccc3cc(Cl)ccc3c2)c1. The van der Waals surface area contributed by atoms with Gasteiger partial charge in [-0.2, -0.15) is 5.10 Å². The molecule has 2 aliphatic rings. The maximum Gasteiger partial charge on any atom is 0.292 e. The van der Waals surface area contributed by atoms with Gasteiger partial charge >= 0.3 is 0 Å². The van der Waals surface area contributed by atoms with Gasteiger partial charge in [0.2, 0.25) is 0 Å². The number of ether oxygens (including phenoxy) is 2. The third-order valence-corrected chi connectivity index (χ3v) is 7.65. The summed E-state index contributed by atoms with van der Waals surface area (Å²) in [6.07, 6.45) is 3.51. The predicted octanol–water partition coefficient (Wildman–Crippen LogP) is 4.09. The maximum absolute atomic E-state index is 14.7. The lowest BCUT2D eigenvalue weighted by atomic mass is 10.00. The van der Waals surface area contributed by atoms with Crippen molar-refractivity contribution in [3.8, 4) is 17.2 Å². The Labute approximate surface area is 240 Å². The Morgan fingerprint density at radius 1 is 1.05 bits per heavy atom. The number of amides is 1. The van der Waals surface area contributed by atoms with Crippen molar-refractivity contribution in [3.05, 3.63) is 82.9 Å². The van der Waals surface area contributed by atoms with E-state index in [9.17, 15) is 19.1 Å². The topological polar surface area (TPSA) is 106 Å². The van der Waals surface area contributed by atoms with Crippen molar-refractivity contribution in [2.45, 2.75) is 25.0 Å². The average Bonchev–Trinajstić information content (AvgIpc) is 3.68. The summed E-state index contributed by atoms with van der Waals surface area (Å²) in [4.78, 5) is 28.4. The molecule has 0 radical (unpaired) electrons. The molecule has 6 rings (SSSR count). The zero-order chi connectivity index (χ0) is 28.5. The van der Waals surface area contributed by atoms with Crippen LogP contribution in [0.25, 0.3) is 16.5 Å². The number of nitrogens with zero attached hydrogens (tertiary/aromatic N) is 3. The number of hydrogen-bond donors (Lipinski definition) is 2. The Kier molecular flexibility index (Phi) is 7.61. The van der Waals surface area contributed by atoms with Crippen molar-refractivity contribution in [1.29, 1.82) is 0 Å². The molecule has 41 heavy (non-hydrogen) atoms. The van der Waals surface area contributed by atoms with E-state index in [1.165, 1.54) is 29.2 Å². The lowest BCUT2D eigenvalue weighted by Gasteiger charge is -2.29. The molecular formula is C30H28ClFN4O5. The molecule has 4 aromatic rings. The van der Waals surface area contributed by atoms with Gasteiger partial charge in [0.15, 0.2) is 17.3 Å². The molecule has 0 bridgehead atoms. The smallest absolute Gasteiger partial charge is 0.292 e. The summed E-state index contributed by atoms with van der Waals surface area (Å²) < 4.78 is 27.1. The summed E-state index contributed by atoms with van der Waals surface area (Å²) >= 11 is 6.08. The van der Waals surface area contributed by atoms with Gasteiger partial charge < -0.3 is 24.8 Å². The van der Waals surface area contributed by atoms with E-state index in [1.54, 1.807) is 6.07 Å². The first-order chi connectivity index (χ1) is 19.9. The van der Waals surface area contributed by atoms with Crippen LogP contribution in [-0.4, -0.2) is 70.4 Å². The number of likely N-dealkylation sites (tertiary alicyclic amines) is 1. The Morgan fingerprint density at radius 3 is 2.63 bits per heavy atom. The quantitative estimate of drug-likeness (QED) is 0.240. The fourth-order valence-corrected chi connectivity index (χ4v) is 5.47. The predicted molar refractivity (Wildman–Crippen MR) is 150 cm³/mol. The van der Waals surface area contributed by atoms with Crippen molar-refractivity contribution in [3.63, 3.8) is 0 Å². The number of ketones is 1. The van der Waals surface area contributed by atoms with Crippen molar-refractivity contribution < 1.29 is 28.6 Å². The zero-order valence-electron chi connectivity index (χ0n) is 22.1. The molecule has 1 saturated heterocycles. The Hall–Kier alpha value is -3.99. The minimum atomic E-state index is -1.30. The van der Waals surface area contributed by atoms with Crippen LogP contribution in [0.2, 0.25) is 5.02 Å². The van der Waals surface area contributed by atoms with Gasteiger partial charge in [-0.15, -0.1) is 0 Å². The summed E-state index contributed by atoms with van der Waals surface area (Å²) in [7, 11) is 0. The highest BCUT2D eigenvalue weighted by Gasteiger charge is 2.31. The van der Waals surface area contributed by atoms with Crippen molar-refractivity contribution >= 4 is 34.1 Å². The van der Waals surface area contributed by atoms with Crippen molar-refractivity contribution in [1.82, 2.24) is 20.0 Å². The third-order valence-electron chi connectivity index (χ3n) is 7.41. The van der Waals surface area contributed by atoms with Crippen LogP contribution < -0.4 is 14.8 Å². The molecule has 0 aliphatic carbocycles. The van der Waals surface area contributed by atoms with Crippen LogP contribution in [0.1, 0.15) is 34.9 Å². The van der Waals surface area contributed by atoms with Gasteiger partial charge in [0.25, 0.3) is 11.7 Å². The van der Waals surface area contributed by atoms with Crippen LogP contribution in [-0.2, 0) is 4.79 Å². The van der Waals surface area contributed by atoms with Crippen LogP contribution in [0.4, 0.5) is 4.39 Å². The Morgan fingerprint density at radius 2 is 1.80 bits per heavy atom. The lowest BCUT2D eigenvalue weighted by Crippen LogP contribution is -2.48. The van der Waals surface area contributed by atoms with Crippen LogP contribution >= 0.6 is 11.6 Å². The number of benzene rings is 3. The summed E-state index contributed by atoms with van der Waals surface area (Å²) in [5.74, 6) is -2.16. The van der Waals surface area contributed by atoms with E-state index in [-0.39, 0.29) is 42.4 Å². The third kappa shape index (κ3) is 5.76. The number of Topliss-reactive ketones (excluding diaryl/α,β-unsaturated/α-hetero) is 1. The highest BCUT2D eigenvalue weighted by atomic mass is 35.5. The van der Waals surface area contributed by atoms with Crippen LogP contribution in [0, 0.1) is 5.82 Å². The Balaban J connectivity index is 1.21. The highest BCUT2D eigenvalue weighted by Crippen LogP contribution is 2.36. The fourth-order valence-electron chi connectivity index (χ4n) is 5.29. The molecule has 0 saturated carbocycles. The molecule has 3 heterocycles. The summed E-state index contributed by atoms with van der Waals surface area (Å²) in [5.41, 5.74) is 1.02. The summed E-state index contributed by atoms with van der Waals surface area (Å²) in [6, 6.07) is 13.0. The molecule has 1 fully saturated rings. The molecule has 1 amide bonds. The molecular weight excluding hydrogens is 551 g/mol. The Bertz CT molecular complexity index is 1620. The molecule has 212 valence electrons. The number of carbonyl (C=O) groups is 2. The number of rotatable bonds is 8. The number of hydrogen-bond acceptors (Lipinski definition) is 7. The normalized spacial score (nSPS) is 16.5. The average molecular weight is 579 g/mol. The van der Waals surface area contributed by atoms with Gasteiger partial charge in [-0.1, -0.05) is 23.7 Å². The van der Waals surface area contributed by atoms with Crippen molar-refractivity contribution in [2.24, 2.45) is 0 Å². The van der Waals surface area contributed by atoms with Crippen molar-refractivity contribution in [2.75, 3.05) is 32.8 Å². The van der Waals surface area contributed by atoms with E-state index >= 15 is 0 Å². The molecule has 3 aromatic carbocycles. The minimum Gasteiger partial charge on any atom is -0.486 e. The minimum absolute atomic E-state index is 0.00488. The van der Waals surface area contributed by atoms with E-state index in [2.05, 4.69) is 15.3 Å². The fraction of sp³-hybridized carbons (Fsp3) is 0.300. The van der Waals surface area contributed by atoms with Gasteiger partial charge in [0.05, 0.1) is 23.5 Å². The molecule has 2 atom stereocenters. The first-order valence-electron chi connectivity index (χ1n) is 13.4. The van der Waals surface area contributed by atoms with Gasteiger partial charge in [-0.3, -0.25) is 9.59 Å². The summed E-state index contributed by atoms with van der Waals surface area (Å²) in [6.45, 7) is 2.38.